The van der Waals surface area contributed by atoms with Gasteiger partial charge in [-0.25, -0.2) is 0 Å². The van der Waals surface area contributed by atoms with Crippen molar-refractivity contribution in [2.45, 2.75) is 19.3 Å². The summed E-state index contributed by atoms with van der Waals surface area (Å²) in [4.78, 5) is 13.1. The second-order valence-corrected chi connectivity index (χ2v) is 4.76. The maximum atomic E-state index is 10.7. The van der Waals surface area contributed by atoms with E-state index in [4.69, 9.17) is 0 Å². The van der Waals surface area contributed by atoms with Gasteiger partial charge in [-0.15, -0.1) is 0 Å². The van der Waals surface area contributed by atoms with E-state index >= 15 is 0 Å². The molecule has 16 heavy (non-hydrogen) atoms. The van der Waals surface area contributed by atoms with E-state index in [1.54, 1.807) is 0 Å². The predicted octanol–water partition coefficient (Wildman–Crippen LogP) is 2.31. The fraction of sp³-hybridized carbons (Fsp3) is 0.500. The van der Waals surface area contributed by atoms with Crippen molar-refractivity contribution in [3.8, 4) is 0 Å². The van der Waals surface area contributed by atoms with Crippen molar-refractivity contribution in [1.29, 1.82) is 0 Å². The highest BCUT2D eigenvalue weighted by atomic mass is 16.1. The first-order chi connectivity index (χ1) is 7.79. The highest BCUT2D eigenvalue weighted by molar-refractivity contribution is 5.54. The molecule has 1 aromatic carbocycles. The van der Waals surface area contributed by atoms with Gasteiger partial charge in [0, 0.05) is 19.0 Å². The average Bonchev–Trinajstić information content (AvgIpc) is 2.78. The molecule has 2 nitrogen and oxygen atoms in total. The third-order valence-corrected chi connectivity index (χ3v) is 3.40. The van der Waals surface area contributed by atoms with Crippen LogP contribution in [0.2, 0.25) is 0 Å². The Kier molecular flexibility index (Phi) is 3.73. The Bertz CT molecular complexity index is 336. The van der Waals surface area contributed by atoms with E-state index in [2.05, 4.69) is 42.2 Å². The lowest BCUT2D eigenvalue weighted by Gasteiger charge is -2.20. The van der Waals surface area contributed by atoms with E-state index in [9.17, 15) is 4.79 Å². The molecule has 2 rings (SSSR count). The number of carbonyl (C=O) groups is 1. The minimum atomic E-state index is 0.267. The predicted molar refractivity (Wildman–Crippen MR) is 65.5 cm³/mol. The van der Waals surface area contributed by atoms with Crippen molar-refractivity contribution in [3.05, 3.63) is 35.9 Å². The van der Waals surface area contributed by atoms with Crippen LogP contribution in [0.25, 0.3) is 0 Å². The molecule has 0 aliphatic carbocycles. The van der Waals surface area contributed by atoms with Gasteiger partial charge in [-0.3, -0.25) is 0 Å². The molecule has 1 aromatic rings. The Morgan fingerprint density at radius 2 is 2.19 bits per heavy atom. The van der Waals surface area contributed by atoms with Gasteiger partial charge >= 0.3 is 0 Å². The van der Waals surface area contributed by atoms with Crippen molar-refractivity contribution in [3.63, 3.8) is 0 Å². The summed E-state index contributed by atoms with van der Waals surface area (Å²) in [5, 5.41) is 0. The molecule has 86 valence electrons. The minimum absolute atomic E-state index is 0.267. The largest absolute Gasteiger partial charge is 0.303 e. The molecule has 0 aromatic heterocycles. The lowest BCUT2D eigenvalue weighted by molar-refractivity contribution is -0.110. The summed E-state index contributed by atoms with van der Waals surface area (Å²) in [6.45, 7) is 5.33. The molecule has 0 amide bonds. The molecule has 1 heterocycles. The number of benzene rings is 1. The lowest BCUT2D eigenvalue weighted by atomic mass is 10.0. The van der Waals surface area contributed by atoms with Crippen LogP contribution in [0.1, 0.15) is 24.8 Å². The van der Waals surface area contributed by atoms with E-state index in [1.807, 2.05) is 0 Å². The molecule has 1 aliphatic rings. The van der Waals surface area contributed by atoms with Crippen LogP contribution in [-0.2, 0) is 4.79 Å². The van der Waals surface area contributed by atoms with Gasteiger partial charge < -0.3 is 9.69 Å². The number of hydrogen-bond donors (Lipinski definition) is 0. The molecule has 1 saturated heterocycles. The molecule has 0 N–H and O–H groups in total. The second-order valence-electron chi connectivity index (χ2n) is 4.76. The number of aldehydes is 1. The smallest absolute Gasteiger partial charge is 0.124 e. The highest BCUT2D eigenvalue weighted by Gasteiger charge is 2.23. The first-order valence-corrected chi connectivity index (χ1v) is 6.02. The number of rotatable bonds is 4. The van der Waals surface area contributed by atoms with Gasteiger partial charge in [0.25, 0.3) is 0 Å². The number of likely N-dealkylation sites (tertiary alicyclic amines) is 1. The Balaban J connectivity index is 1.89. The lowest BCUT2D eigenvalue weighted by Crippen LogP contribution is -2.25. The normalized spacial score (nSPS) is 23.2. The van der Waals surface area contributed by atoms with Crippen molar-refractivity contribution < 1.29 is 4.79 Å². The van der Waals surface area contributed by atoms with Gasteiger partial charge in [-0.05, 0) is 24.4 Å². The first-order valence-electron chi connectivity index (χ1n) is 6.02. The molecule has 1 aliphatic heterocycles. The van der Waals surface area contributed by atoms with E-state index in [0.717, 1.165) is 32.3 Å². The molecule has 0 bridgehead atoms. The zero-order chi connectivity index (χ0) is 11.4. The Morgan fingerprint density at radius 3 is 2.81 bits per heavy atom. The molecule has 0 saturated carbocycles. The maximum absolute atomic E-state index is 10.7. The van der Waals surface area contributed by atoms with E-state index in [0.29, 0.717) is 5.92 Å². The maximum Gasteiger partial charge on any atom is 0.124 e. The third-order valence-electron chi connectivity index (χ3n) is 3.40. The van der Waals surface area contributed by atoms with Gasteiger partial charge in [-0.2, -0.15) is 0 Å². The number of hydrogen-bond acceptors (Lipinski definition) is 2. The van der Waals surface area contributed by atoms with Crippen molar-refractivity contribution in [2.75, 3.05) is 19.6 Å². The van der Waals surface area contributed by atoms with Crippen molar-refractivity contribution >= 4 is 6.29 Å². The van der Waals surface area contributed by atoms with Crippen molar-refractivity contribution in [2.24, 2.45) is 5.92 Å². The van der Waals surface area contributed by atoms with Crippen LogP contribution >= 0.6 is 0 Å². The summed E-state index contributed by atoms with van der Waals surface area (Å²) in [5.74, 6) is 0.814. The SMILES string of the molecule is CC(CN1CCC(C=O)C1)c1ccccc1. The van der Waals surface area contributed by atoms with E-state index < -0.39 is 0 Å². The standard InChI is InChI=1S/C14H19NO/c1-12(14-5-3-2-4-6-14)9-15-8-7-13(10-15)11-16/h2-6,11-13H,7-10H2,1H3. The fourth-order valence-electron chi connectivity index (χ4n) is 2.41. The third kappa shape index (κ3) is 2.70. The molecular weight excluding hydrogens is 198 g/mol. The Morgan fingerprint density at radius 1 is 1.44 bits per heavy atom. The summed E-state index contributed by atoms with van der Waals surface area (Å²) in [6.07, 6.45) is 2.14. The molecule has 0 spiro atoms. The topological polar surface area (TPSA) is 20.3 Å². The highest BCUT2D eigenvalue weighted by Crippen LogP contribution is 2.20. The Labute approximate surface area is 97.3 Å². The van der Waals surface area contributed by atoms with Gasteiger partial charge in [0.1, 0.15) is 6.29 Å². The fourth-order valence-corrected chi connectivity index (χ4v) is 2.41. The minimum Gasteiger partial charge on any atom is -0.303 e. The van der Waals surface area contributed by atoms with Crippen LogP contribution in [0.3, 0.4) is 0 Å². The van der Waals surface area contributed by atoms with Crippen LogP contribution in [0.4, 0.5) is 0 Å². The van der Waals surface area contributed by atoms with Crippen LogP contribution in [0.15, 0.2) is 30.3 Å². The van der Waals surface area contributed by atoms with Crippen LogP contribution < -0.4 is 0 Å². The summed E-state index contributed by atoms with van der Waals surface area (Å²) in [6, 6.07) is 10.6. The zero-order valence-corrected chi connectivity index (χ0v) is 9.80. The molecule has 2 heteroatoms. The van der Waals surface area contributed by atoms with Gasteiger partial charge in [-0.1, -0.05) is 37.3 Å². The quantitative estimate of drug-likeness (QED) is 0.721. The van der Waals surface area contributed by atoms with Crippen molar-refractivity contribution in [1.82, 2.24) is 4.90 Å². The second kappa shape index (κ2) is 5.26. The first kappa shape index (κ1) is 11.3. The van der Waals surface area contributed by atoms with Crippen LogP contribution in [0, 0.1) is 5.92 Å². The molecule has 2 unspecified atom stereocenters. The summed E-state index contributed by atoms with van der Waals surface area (Å²) in [7, 11) is 0. The van der Waals surface area contributed by atoms with Gasteiger partial charge in [0.05, 0.1) is 0 Å². The van der Waals surface area contributed by atoms with Crippen LogP contribution in [-0.4, -0.2) is 30.8 Å². The average molecular weight is 217 g/mol. The van der Waals surface area contributed by atoms with E-state index in [1.165, 1.54) is 5.56 Å². The molecule has 0 radical (unpaired) electrons. The summed E-state index contributed by atoms with van der Waals surface area (Å²) < 4.78 is 0. The number of carbonyl (C=O) groups excluding carboxylic acids is 1. The summed E-state index contributed by atoms with van der Waals surface area (Å²) in [5.41, 5.74) is 1.39. The zero-order valence-electron chi connectivity index (χ0n) is 9.80. The monoisotopic (exact) mass is 217 g/mol. The van der Waals surface area contributed by atoms with Gasteiger partial charge in [0.2, 0.25) is 0 Å². The molecule has 2 atom stereocenters. The van der Waals surface area contributed by atoms with Crippen LogP contribution in [0.5, 0.6) is 0 Å². The number of nitrogens with zero attached hydrogens (tertiary/aromatic N) is 1. The molecular formula is C14H19NO. The van der Waals surface area contributed by atoms with E-state index in [-0.39, 0.29) is 5.92 Å². The molecule has 1 fully saturated rings. The Hall–Kier alpha value is -1.15. The van der Waals surface area contributed by atoms with Gasteiger partial charge in [0.15, 0.2) is 0 Å². The summed E-state index contributed by atoms with van der Waals surface area (Å²) >= 11 is 0.